The van der Waals surface area contributed by atoms with Crippen LogP contribution >= 0.6 is 0 Å². The van der Waals surface area contributed by atoms with Crippen LogP contribution in [0.1, 0.15) is 0 Å². The predicted octanol–water partition coefficient (Wildman–Crippen LogP) is -0.968. The number of morpholine rings is 1. The number of aliphatic carboxylic acids is 1. The number of methoxy groups -OCH3 is 1. The summed E-state index contributed by atoms with van der Waals surface area (Å²) in [6.45, 7) is 0.884. The van der Waals surface area contributed by atoms with Gasteiger partial charge in [0.1, 0.15) is 0 Å². The lowest BCUT2D eigenvalue weighted by molar-refractivity contribution is -0.190. The van der Waals surface area contributed by atoms with E-state index < -0.39 is 18.4 Å². The highest BCUT2D eigenvalue weighted by molar-refractivity contribution is 5.72. The number of hydrogen-bond donors (Lipinski definition) is 2. The molecule has 1 heterocycles. The third-order valence-corrected chi connectivity index (χ3v) is 1.50. The van der Waals surface area contributed by atoms with E-state index in [1.807, 2.05) is 0 Å². The zero-order valence-electron chi connectivity index (χ0n) is 6.24. The third kappa shape index (κ3) is 2.14. The van der Waals surface area contributed by atoms with Crippen LogP contribution in [0.25, 0.3) is 0 Å². The van der Waals surface area contributed by atoms with Crippen LogP contribution in [0.4, 0.5) is 0 Å². The Bertz CT molecular complexity index is 150. The van der Waals surface area contributed by atoms with Crippen LogP contribution in [-0.2, 0) is 14.3 Å². The molecule has 0 aliphatic carbocycles. The molecule has 1 aliphatic heterocycles. The van der Waals surface area contributed by atoms with Crippen molar-refractivity contribution in [3.8, 4) is 0 Å². The van der Waals surface area contributed by atoms with Crippen molar-refractivity contribution >= 4 is 5.97 Å². The van der Waals surface area contributed by atoms with Gasteiger partial charge in [-0.2, -0.15) is 0 Å². The molecular weight excluding hydrogens is 150 g/mol. The first-order valence-corrected chi connectivity index (χ1v) is 3.36. The molecule has 1 fully saturated rings. The summed E-state index contributed by atoms with van der Waals surface area (Å²) in [6, 6.07) is 0. The minimum absolute atomic E-state index is 0.342. The van der Waals surface area contributed by atoms with Crippen molar-refractivity contribution in [1.82, 2.24) is 5.32 Å². The van der Waals surface area contributed by atoms with Gasteiger partial charge >= 0.3 is 5.97 Å². The molecule has 0 saturated carbocycles. The fourth-order valence-electron chi connectivity index (χ4n) is 0.896. The summed E-state index contributed by atoms with van der Waals surface area (Å²) in [5.41, 5.74) is 0. The van der Waals surface area contributed by atoms with E-state index in [2.05, 4.69) is 5.32 Å². The molecule has 2 N–H and O–H groups in total. The standard InChI is InChI=1S/C6H11NO4/c1-10-5-3-7-2-4(11-5)6(8)9/h4-5,7H,2-3H2,1H3,(H,8,9)/t4-,5-/m0/s1. The molecule has 0 aromatic heterocycles. The molecule has 0 bridgehead atoms. The summed E-state index contributed by atoms with van der Waals surface area (Å²) in [4.78, 5) is 10.4. The molecule has 0 unspecified atom stereocenters. The molecule has 5 nitrogen and oxygen atoms in total. The predicted molar refractivity (Wildman–Crippen MR) is 36.2 cm³/mol. The van der Waals surface area contributed by atoms with E-state index in [4.69, 9.17) is 14.6 Å². The van der Waals surface area contributed by atoms with Crippen LogP contribution in [-0.4, -0.2) is 43.7 Å². The van der Waals surface area contributed by atoms with Gasteiger partial charge in [-0.3, -0.25) is 0 Å². The average Bonchev–Trinajstić information content (AvgIpc) is 2.05. The summed E-state index contributed by atoms with van der Waals surface area (Å²) < 4.78 is 9.84. The fourth-order valence-corrected chi connectivity index (χ4v) is 0.896. The van der Waals surface area contributed by atoms with E-state index in [0.29, 0.717) is 13.1 Å². The smallest absolute Gasteiger partial charge is 0.334 e. The molecule has 0 aromatic carbocycles. The zero-order valence-corrected chi connectivity index (χ0v) is 6.24. The highest BCUT2D eigenvalue weighted by Gasteiger charge is 2.26. The molecule has 1 rings (SSSR count). The molecular formula is C6H11NO4. The Balaban J connectivity index is 2.39. The Morgan fingerprint density at radius 1 is 1.73 bits per heavy atom. The van der Waals surface area contributed by atoms with Gasteiger partial charge in [-0.25, -0.2) is 4.79 Å². The number of carboxylic acid groups (broad SMARTS) is 1. The molecule has 0 spiro atoms. The summed E-state index contributed by atoms with van der Waals surface area (Å²) in [5.74, 6) is -0.959. The Kier molecular flexibility index (Phi) is 2.81. The lowest BCUT2D eigenvalue weighted by Gasteiger charge is -2.26. The lowest BCUT2D eigenvalue weighted by atomic mass is 10.3. The van der Waals surface area contributed by atoms with Crippen LogP contribution in [0.3, 0.4) is 0 Å². The van der Waals surface area contributed by atoms with E-state index in [-0.39, 0.29) is 0 Å². The SMILES string of the molecule is CO[C@@H]1CNC[C@@H](C(=O)O)O1. The van der Waals surface area contributed by atoms with Gasteiger partial charge < -0.3 is 19.9 Å². The molecule has 0 radical (unpaired) electrons. The zero-order chi connectivity index (χ0) is 8.27. The summed E-state index contributed by atoms with van der Waals surface area (Å²) in [7, 11) is 1.48. The molecule has 5 heteroatoms. The van der Waals surface area contributed by atoms with E-state index >= 15 is 0 Å². The van der Waals surface area contributed by atoms with Crippen molar-refractivity contribution in [2.75, 3.05) is 20.2 Å². The van der Waals surface area contributed by atoms with Gasteiger partial charge in [0.25, 0.3) is 0 Å². The van der Waals surface area contributed by atoms with Crippen molar-refractivity contribution in [3.63, 3.8) is 0 Å². The maximum absolute atomic E-state index is 10.4. The second kappa shape index (κ2) is 3.66. The van der Waals surface area contributed by atoms with Gasteiger partial charge in [-0.1, -0.05) is 0 Å². The Labute approximate surface area is 64.3 Å². The molecule has 2 atom stereocenters. The lowest BCUT2D eigenvalue weighted by Crippen LogP contribution is -2.48. The molecule has 11 heavy (non-hydrogen) atoms. The van der Waals surface area contributed by atoms with Gasteiger partial charge in [-0.05, 0) is 0 Å². The van der Waals surface area contributed by atoms with Gasteiger partial charge in [0, 0.05) is 20.2 Å². The highest BCUT2D eigenvalue weighted by atomic mass is 16.7. The first-order chi connectivity index (χ1) is 5.24. The third-order valence-electron chi connectivity index (χ3n) is 1.50. The normalized spacial score (nSPS) is 31.7. The largest absolute Gasteiger partial charge is 0.479 e. The summed E-state index contributed by atoms with van der Waals surface area (Å²) >= 11 is 0. The van der Waals surface area contributed by atoms with Gasteiger partial charge in [0.15, 0.2) is 12.4 Å². The van der Waals surface area contributed by atoms with Crippen LogP contribution in [0.15, 0.2) is 0 Å². The number of nitrogens with one attached hydrogen (secondary N) is 1. The fraction of sp³-hybridized carbons (Fsp3) is 0.833. The second-order valence-corrected chi connectivity index (χ2v) is 2.29. The van der Waals surface area contributed by atoms with Crippen molar-refractivity contribution in [1.29, 1.82) is 0 Å². The van der Waals surface area contributed by atoms with Crippen molar-refractivity contribution in [3.05, 3.63) is 0 Å². The van der Waals surface area contributed by atoms with E-state index in [1.165, 1.54) is 7.11 Å². The Morgan fingerprint density at radius 3 is 3.00 bits per heavy atom. The van der Waals surface area contributed by atoms with Crippen LogP contribution in [0, 0.1) is 0 Å². The number of rotatable bonds is 2. The first-order valence-electron chi connectivity index (χ1n) is 3.36. The maximum atomic E-state index is 10.4. The van der Waals surface area contributed by atoms with E-state index in [9.17, 15) is 4.79 Å². The molecule has 1 aliphatic rings. The summed E-state index contributed by atoms with van der Waals surface area (Å²) in [5, 5.41) is 11.4. The molecule has 1 saturated heterocycles. The number of carbonyl (C=O) groups is 1. The van der Waals surface area contributed by atoms with Crippen LogP contribution in [0.5, 0.6) is 0 Å². The minimum atomic E-state index is -0.959. The minimum Gasteiger partial charge on any atom is -0.479 e. The molecule has 0 amide bonds. The molecule has 64 valence electrons. The first kappa shape index (κ1) is 8.45. The van der Waals surface area contributed by atoms with Crippen molar-refractivity contribution < 1.29 is 19.4 Å². The summed E-state index contributed by atoms with van der Waals surface area (Å²) in [6.07, 6.45) is -1.22. The van der Waals surface area contributed by atoms with Crippen molar-refractivity contribution in [2.45, 2.75) is 12.4 Å². The number of carboxylic acids is 1. The second-order valence-electron chi connectivity index (χ2n) is 2.29. The number of ether oxygens (including phenoxy) is 2. The highest BCUT2D eigenvalue weighted by Crippen LogP contribution is 2.03. The van der Waals surface area contributed by atoms with E-state index in [1.54, 1.807) is 0 Å². The van der Waals surface area contributed by atoms with Crippen LogP contribution < -0.4 is 5.32 Å². The van der Waals surface area contributed by atoms with Gasteiger partial charge in [0.05, 0.1) is 0 Å². The van der Waals surface area contributed by atoms with E-state index in [0.717, 1.165) is 0 Å². The quantitative estimate of drug-likeness (QED) is 0.545. The number of hydrogen-bond acceptors (Lipinski definition) is 4. The Morgan fingerprint density at radius 2 is 2.45 bits per heavy atom. The maximum Gasteiger partial charge on any atom is 0.334 e. The average molecular weight is 161 g/mol. The molecule has 0 aromatic rings. The van der Waals surface area contributed by atoms with Gasteiger partial charge in [0.2, 0.25) is 0 Å². The van der Waals surface area contributed by atoms with Crippen molar-refractivity contribution in [2.24, 2.45) is 0 Å². The Hall–Kier alpha value is -0.650. The monoisotopic (exact) mass is 161 g/mol. The topological polar surface area (TPSA) is 67.8 Å². The van der Waals surface area contributed by atoms with Gasteiger partial charge in [-0.15, -0.1) is 0 Å². The van der Waals surface area contributed by atoms with Crippen LogP contribution in [0.2, 0.25) is 0 Å².